The summed E-state index contributed by atoms with van der Waals surface area (Å²) in [6, 6.07) is 9.44. The lowest BCUT2D eigenvalue weighted by Gasteiger charge is -2.38. The van der Waals surface area contributed by atoms with Crippen molar-refractivity contribution in [3.8, 4) is 0 Å². The molecule has 2 aromatic heterocycles. The van der Waals surface area contributed by atoms with Gasteiger partial charge in [-0.05, 0) is 61.9 Å². The lowest BCUT2D eigenvalue weighted by Crippen LogP contribution is -2.50. The Bertz CT molecular complexity index is 1100. The maximum absolute atomic E-state index is 14.3. The number of unbranched alkanes of at least 4 members (excludes halogenated alkanes) is 2. The number of hydroxylamine groups is 2. The van der Waals surface area contributed by atoms with E-state index in [0.717, 1.165) is 59.5 Å². The number of ether oxygens (including phenoxy) is 1. The zero-order valence-electron chi connectivity index (χ0n) is 18.9. The molecule has 10 heteroatoms. The van der Waals surface area contributed by atoms with E-state index in [1.54, 1.807) is 24.5 Å². The lowest BCUT2D eigenvalue weighted by molar-refractivity contribution is 0.00563. The zero-order valence-corrected chi connectivity index (χ0v) is 22.9. The summed E-state index contributed by atoms with van der Waals surface area (Å²) in [6.45, 7) is 1.38. The van der Waals surface area contributed by atoms with Crippen LogP contribution in [0.15, 0.2) is 42.7 Å². The van der Waals surface area contributed by atoms with Gasteiger partial charge in [0.25, 0.3) is 11.4 Å². The van der Waals surface area contributed by atoms with E-state index >= 15 is 0 Å². The number of fused-ring (bicyclic) bond motifs is 1. The molecule has 0 radical (unpaired) electrons. The van der Waals surface area contributed by atoms with Crippen molar-refractivity contribution in [3.63, 3.8) is 0 Å². The van der Waals surface area contributed by atoms with E-state index in [2.05, 4.69) is 53.9 Å². The predicted octanol–water partition coefficient (Wildman–Crippen LogP) is 5.85. The Hall–Kier alpha value is -1.43. The number of pyridine rings is 1. The highest BCUT2D eigenvalue weighted by Crippen LogP contribution is 2.38. The van der Waals surface area contributed by atoms with Gasteiger partial charge >= 0.3 is 5.97 Å². The number of hydrogen-bond acceptors (Lipinski definition) is 7. The van der Waals surface area contributed by atoms with Crippen LogP contribution in [0.4, 0.5) is 5.13 Å². The highest BCUT2D eigenvalue weighted by atomic mass is 79.9. The highest BCUT2D eigenvalue weighted by molar-refractivity contribution is 9.09. The fourth-order valence-electron chi connectivity index (χ4n) is 4.08. The maximum atomic E-state index is 14.3. The molecule has 0 amide bonds. The van der Waals surface area contributed by atoms with E-state index in [0.29, 0.717) is 17.2 Å². The number of aromatic nitrogens is 2. The van der Waals surface area contributed by atoms with Crippen LogP contribution in [0.25, 0.3) is 10.2 Å². The molecule has 1 aliphatic heterocycles. The summed E-state index contributed by atoms with van der Waals surface area (Å²) in [7, 11) is 0. The number of carbonyl (C=O) groups is 1. The van der Waals surface area contributed by atoms with Crippen LogP contribution in [0.3, 0.4) is 0 Å². The molecule has 1 fully saturated rings. The molecule has 0 bridgehead atoms. The summed E-state index contributed by atoms with van der Waals surface area (Å²) in [5.74, 6) is -0.511. The number of nitrogens with zero attached hydrogens (tertiary/aromatic N) is 4. The summed E-state index contributed by atoms with van der Waals surface area (Å²) in [6.07, 6.45) is 7.41. The van der Waals surface area contributed by atoms with Crippen LogP contribution in [0.1, 0.15) is 41.6 Å². The second kappa shape index (κ2) is 12.0. The molecule has 0 N–H and O–H groups in total. The number of benzene rings is 1. The first kappa shape index (κ1) is 25.7. The van der Waals surface area contributed by atoms with Gasteiger partial charge in [0, 0.05) is 29.6 Å². The van der Waals surface area contributed by atoms with Gasteiger partial charge in [-0.25, -0.2) is 9.69 Å². The molecule has 1 aliphatic rings. The second-order valence-electron chi connectivity index (χ2n) is 8.45. The van der Waals surface area contributed by atoms with E-state index in [1.807, 2.05) is 6.07 Å². The van der Waals surface area contributed by atoms with Gasteiger partial charge in [-0.15, -0.1) is 0 Å². The van der Waals surface area contributed by atoms with Crippen molar-refractivity contribution in [3.05, 3.63) is 59.1 Å². The van der Waals surface area contributed by atoms with Crippen LogP contribution in [0, 0.1) is 5.21 Å². The van der Waals surface area contributed by atoms with E-state index in [-0.39, 0.29) is 6.67 Å². The first-order valence-electron chi connectivity index (χ1n) is 11.5. The molecule has 3 heterocycles. The first-order chi connectivity index (χ1) is 16.5. The topological polar surface area (TPSA) is 78.4 Å². The van der Waals surface area contributed by atoms with Gasteiger partial charge in [0.15, 0.2) is 0 Å². The number of aryl methyl sites for hydroxylation is 1. The molecular formula is C24H28Br2N4O3S. The van der Waals surface area contributed by atoms with E-state index in [4.69, 9.17) is 9.72 Å². The Morgan fingerprint density at radius 2 is 1.91 bits per heavy atom. The maximum Gasteiger partial charge on any atom is 0.342 e. The molecule has 0 saturated carbocycles. The largest absolute Gasteiger partial charge is 0.622 e. The van der Waals surface area contributed by atoms with Crippen molar-refractivity contribution in [1.82, 2.24) is 19.5 Å². The fraction of sp³-hybridized carbons (Fsp3) is 0.458. The molecule has 4 rings (SSSR count). The summed E-state index contributed by atoms with van der Waals surface area (Å²) in [5, 5.41) is 16.6. The number of esters is 1. The number of quaternary nitrogens is 1. The van der Waals surface area contributed by atoms with Crippen LogP contribution < -0.4 is 4.65 Å². The van der Waals surface area contributed by atoms with Gasteiger partial charge in [-0.2, -0.15) is 4.98 Å². The van der Waals surface area contributed by atoms with Crippen LogP contribution in [-0.4, -0.2) is 57.5 Å². The number of rotatable bonds is 11. The first-order valence-corrected chi connectivity index (χ1v) is 14.5. The van der Waals surface area contributed by atoms with Gasteiger partial charge in [0.1, 0.15) is 6.67 Å². The van der Waals surface area contributed by atoms with Crippen molar-refractivity contribution in [2.24, 2.45) is 0 Å². The molecule has 3 aromatic rings. The number of carbonyl (C=O) groups excluding carboxylic acids is 1. The summed E-state index contributed by atoms with van der Waals surface area (Å²) >= 11 is 8.34. The van der Waals surface area contributed by atoms with Crippen molar-refractivity contribution < 1.29 is 9.53 Å². The smallest absolute Gasteiger partial charge is 0.342 e. The van der Waals surface area contributed by atoms with Crippen LogP contribution in [-0.2, 0) is 11.2 Å². The van der Waals surface area contributed by atoms with Gasteiger partial charge in [-0.1, -0.05) is 49.3 Å². The number of thiazole rings is 1. The molecule has 7 nitrogen and oxygen atoms in total. The number of hydrogen-bond donors (Lipinski definition) is 0. The van der Waals surface area contributed by atoms with E-state index in [9.17, 15) is 10.0 Å². The highest BCUT2D eigenvalue weighted by Gasteiger charge is 2.46. The average molecular weight is 612 g/mol. The van der Waals surface area contributed by atoms with Crippen molar-refractivity contribution in [2.75, 3.05) is 30.4 Å². The zero-order chi connectivity index (χ0) is 24.0. The van der Waals surface area contributed by atoms with Gasteiger partial charge in [-0.3, -0.25) is 9.63 Å². The third kappa shape index (κ3) is 6.03. The summed E-state index contributed by atoms with van der Waals surface area (Å²) < 4.78 is 6.00. The Balaban J connectivity index is 1.58. The third-order valence-corrected chi connectivity index (χ3v) is 8.19. The Kier molecular flexibility index (Phi) is 9.06. The van der Waals surface area contributed by atoms with Crippen LogP contribution in [0.2, 0.25) is 0 Å². The van der Waals surface area contributed by atoms with E-state index in [1.165, 1.54) is 16.9 Å². The van der Waals surface area contributed by atoms with E-state index < -0.39 is 16.8 Å². The second-order valence-corrected chi connectivity index (χ2v) is 11.0. The monoisotopic (exact) mass is 610 g/mol. The standard InChI is InChI=1S/C24H28Br2N4O3S/c25-10-2-1-5-18-6-7-21-20(15-18)28-24(34-21)30(32)17-29(14-4-3-11-26)16-22(30)33-23(31)19-8-12-27-13-9-19/h6-9,12-13,15,22H,1-5,10-11,14,16-17H2. The number of alkyl halides is 2. The molecule has 0 spiro atoms. The van der Waals surface area contributed by atoms with Gasteiger partial charge in [0.2, 0.25) is 0 Å². The minimum absolute atomic E-state index is 0.217. The summed E-state index contributed by atoms with van der Waals surface area (Å²) in [5.41, 5.74) is 2.44. The van der Waals surface area contributed by atoms with Crippen molar-refractivity contribution >= 4 is 64.5 Å². The average Bonchev–Trinajstić information content (AvgIpc) is 3.41. The minimum atomic E-state index is -0.872. The molecule has 1 saturated heterocycles. The van der Waals surface area contributed by atoms with Crippen molar-refractivity contribution in [2.45, 2.75) is 38.3 Å². The lowest BCUT2D eigenvalue weighted by atomic mass is 10.1. The molecule has 0 aliphatic carbocycles. The SMILES string of the molecule is O=C(OC1CN(CCCCBr)C[N+]1([O-])c1nc2cc(CCCCBr)ccc2s1)c1ccncc1. The quantitative estimate of drug-likeness (QED) is 0.0890. The van der Waals surface area contributed by atoms with Gasteiger partial charge < -0.3 is 9.94 Å². The fourth-order valence-corrected chi connectivity index (χ4v) is 5.89. The Morgan fingerprint density at radius 3 is 2.68 bits per heavy atom. The molecule has 2 unspecified atom stereocenters. The molecule has 34 heavy (non-hydrogen) atoms. The number of halogens is 2. The molecular weight excluding hydrogens is 584 g/mol. The molecule has 1 aromatic carbocycles. The van der Waals surface area contributed by atoms with Crippen molar-refractivity contribution in [1.29, 1.82) is 0 Å². The van der Waals surface area contributed by atoms with Crippen LogP contribution in [0.5, 0.6) is 0 Å². The minimum Gasteiger partial charge on any atom is -0.622 e. The third-order valence-electron chi connectivity index (χ3n) is 5.92. The molecule has 182 valence electrons. The Morgan fingerprint density at radius 1 is 1.15 bits per heavy atom. The van der Waals surface area contributed by atoms with Gasteiger partial charge in [0.05, 0.1) is 22.3 Å². The Labute approximate surface area is 220 Å². The summed E-state index contributed by atoms with van der Waals surface area (Å²) in [4.78, 5) is 23.6. The predicted molar refractivity (Wildman–Crippen MR) is 144 cm³/mol. The molecule has 2 atom stereocenters. The normalized spacial score (nSPS) is 20.7. The van der Waals surface area contributed by atoms with Crippen LogP contribution >= 0.6 is 43.2 Å².